The number of hydrogen-bond acceptors (Lipinski definition) is 5. The van der Waals surface area contributed by atoms with Crippen LogP contribution in [0.5, 0.6) is 0 Å². The topological polar surface area (TPSA) is 61.3 Å². The summed E-state index contributed by atoms with van der Waals surface area (Å²) in [6.45, 7) is 4.60. The molecule has 0 fully saturated rings. The SMILES string of the molecule is CCCNCc1cnc(N(C)CCO)nc1. The minimum absolute atomic E-state index is 0.111. The summed E-state index contributed by atoms with van der Waals surface area (Å²) in [6.07, 6.45) is 4.76. The van der Waals surface area contributed by atoms with Crippen molar-refractivity contribution in [3.8, 4) is 0 Å². The van der Waals surface area contributed by atoms with Crippen molar-refractivity contribution < 1.29 is 5.11 Å². The zero-order valence-electron chi connectivity index (χ0n) is 9.98. The van der Waals surface area contributed by atoms with Gasteiger partial charge in [-0.3, -0.25) is 0 Å². The molecule has 0 amide bonds. The largest absolute Gasteiger partial charge is 0.395 e. The van der Waals surface area contributed by atoms with E-state index in [1.54, 1.807) is 0 Å². The molecule has 0 spiro atoms. The lowest BCUT2D eigenvalue weighted by Crippen LogP contribution is -2.23. The van der Waals surface area contributed by atoms with Crippen LogP contribution in [0.25, 0.3) is 0 Å². The summed E-state index contributed by atoms with van der Waals surface area (Å²) in [5.41, 5.74) is 1.08. The maximum absolute atomic E-state index is 8.79. The zero-order chi connectivity index (χ0) is 11.8. The van der Waals surface area contributed by atoms with Gasteiger partial charge in [0.15, 0.2) is 0 Å². The van der Waals surface area contributed by atoms with E-state index in [1.165, 1.54) is 0 Å². The molecule has 1 aromatic heterocycles. The number of nitrogens with one attached hydrogen (secondary N) is 1. The third-order valence-corrected chi connectivity index (χ3v) is 2.22. The molecule has 0 saturated carbocycles. The van der Waals surface area contributed by atoms with Gasteiger partial charge in [0, 0.05) is 38.1 Å². The second-order valence-electron chi connectivity index (χ2n) is 3.71. The van der Waals surface area contributed by atoms with Crippen molar-refractivity contribution in [3.05, 3.63) is 18.0 Å². The molecular weight excluding hydrogens is 204 g/mol. The van der Waals surface area contributed by atoms with Crippen LogP contribution in [0, 0.1) is 0 Å². The van der Waals surface area contributed by atoms with Crippen molar-refractivity contribution in [2.45, 2.75) is 19.9 Å². The van der Waals surface area contributed by atoms with Gasteiger partial charge in [-0.25, -0.2) is 9.97 Å². The normalized spacial score (nSPS) is 10.4. The number of rotatable bonds is 7. The molecule has 1 heterocycles. The van der Waals surface area contributed by atoms with Gasteiger partial charge in [0.1, 0.15) is 0 Å². The van der Waals surface area contributed by atoms with Gasteiger partial charge in [0.2, 0.25) is 5.95 Å². The van der Waals surface area contributed by atoms with Gasteiger partial charge in [0.05, 0.1) is 6.61 Å². The molecule has 0 aliphatic rings. The summed E-state index contributed by atoms with van der Waals surface area (Å²) >= 11 is 0. The molecular formula is C11H20N4O. The predicted octanol–water partition coefficient (Wildman–Crippen LogP) is 0.405. The maximum atomic E-state index is 8.79. The second-order valence-corrected chi connectivity index (χ2v) is 3.71. The van der Waals surface area contributed by atoms with E-state index in [4.69, 9.17) is 5.11 Å². The van der Waals surface area contributed by atoms with Gasteiger partial charge in [-0.15, -0.1) is 0 Å². The van der Waals surface area contributed by atoms with Gasteiger partial charge in [0.25, 0.3) is 0 Å². The number of likely N-dealkylation sites (N-methyl/N-ethyl adjacent to an activating group) is 1. The van der Waals surface area contributed by atoms with E-state index in [0.29, 0.717) is 12.5 Å². The summed E-state index contributed by atoms with van der Waals surface area (Å²) in [6, 6.07) is 0. The fourth-order valence-corrected chi connectivity index (χ4v) is 1.30. The van der Waals surface area contributed by atoms with Crippen molar-refractivity contribution in [1.29, 1.82) is 0 Å². The Hall–Kier alpha value is -1.20. The lowest BCUT2D eigenvalue weighted by molar-refractivity contribution is 0.303. The Labute approximate surface area is 96.5 Å². The number of hydrogen-bond donors (Lipinski definition) is 2. The molecule has 0 aliphatic heterocycles. The van der Waals surface area contributed by atoms with E-state index in [2.05, 4.69) is 22.2 Å². The molecule has 0 radical (unpaired) electrons. The summed E-state index contributed by atoms with van der Waals surface area (Å²) in [7, 11) is 1.86. The lowest BCUT2D eigenvalue weighted by atomic mass is 10.3. The Bertz CT molecular complexity index is 289. The highest BCUT2D eigenvalue weighted by Crippen LogP contribution is 2.04. The third kappa shape index (κ3) is 4.12. The van der Waals surface area contributed by atoms with Crippen LogP contribution in [-0.2, 0) is 6.54 Å². The monoisotopic (exact) mass is 224 g/mol. The predicted molar refractivity (Wildman–Crippen MR) is 64.4 cm³/mol. The van der Waals surface area contributed by atoms with Crippen LogP contribution in [0.3, 0.4) is 0 Å². The Morgan fingerprint density at radius 3 is 2.62 bits per heavy atom. The highest BCUT2D eigenvalue weighted by atomic mass is 16.3. The van der Waals surface area contributed by atoms with E-state index >= 15 is 0 Å². The summed E-state index contributed by atoms with van der Waals surface area (Å²) in [4.78, 5) is 10.3. The zero-order valence-corrected chi connectivity index (χ0v) is 9.98. The molecule has 0 aliphatic carbocycles. The summed E-state index contributed by atoms with van der Waals surface area (Å²) in [5.74, 6) is 0.647. The maximum Gasteiger partial charge on any atom is 0.225 e. The number of anilines is 1. The van der Waals surface area contributed by atoms with Crippen LogP contribution in [0.4, 0.5) is 5.95 Å². The third-order valence-electron chi connectivity index (χ3n) is 2.22. The number of aromatic nitrogens is 2. The molecule has 0 aromatic carbocycles. The molecule has 0 saturated heterocycles. The smallest absolute Gasteiger partial charge is 0.225 e. The minimum Gasteiger partial charge on any atom is -0.395 e. The first-order valence-corrected chi connectivity index (χ1v) is 5.61. The van der Waals surface area contributed by atoms with Crippen LogP contribution in [0.15, 0.2) is 12.4 Å². The highest BCUT2D eigenvalue weighted by molar-refractivity contribution is 5.28. The van der Waals surface area contributed by atoms with Gasteiger partial charge in [-0.2, -0.15) is 0 Å². The van der Waals surface area contributed by atoms with Gasteiger partial charge in [-0.1, -0.05) is 6.92 Å². The van der Waals surface area contributed by atoms with Crippen LogP contribution in [-0.4, -0.2) is 41.8 Å². The summed E-state index contributed by atoms with van der Waals surface area (Å²) in [5, 5.41) is 12.1. The van der Waals surface area contributed by atoms with Crippen LogP contribution in [0.1, 0.15) is 18.9 Å². The first kappa shape index (κ1) is 12.9. The van der Waals surface area contributed by atoms with E-state index in [0.717, 1.165) is 25.1 Å². The molecule has 1 aromatic rings. The van der Waals surface area contributed by atoms with Crippen molar-refractivity contribution in [1.82, 2.24) is 15.3 Å². The molecule has 0 bridgehead atoms. The number of aliphatic hydroxyl groups excluding tert-OH is 1. The van der Waals surface area contributed by atoms with Crippen molar-refractivity contribution in [3.63, 3.8) is 0 Å². The van der Waals surface area contributed by atoms with Crippen LogP contribution in [0.2, 0.25) is 0 Å². The van der Waals surface area contributed by atoms with E-state index in [9.17, 15) is 0 Å². The van der Waals surface area contributed by atoms with E-state index in [1.807, 2.05) is 24.3 Å². The van der Waals surface area contributed by atoms with Gasteiger partial charge < -0.3 is 15.3 Å². The Kier molecular flexibility index (Phi) is 5.74. The fraction of sp³-hybridized carbons (Fsp3) is 0.636. The average Bonchev–Trinajstić information content (AvgIpc) is 2.30. The van der Waals surface area contributed by atoms with Gasteiger partial charge >= 0.3 is 0 Å². The molecule has 0 atom stereocenters. The molecule has 5 nitrogen and oxygen atoms in total. The minimum atomic E-state index is 0.111. The molecule has 90 valence electrons. The van der Waals surface area contributed by atoms with Crippen LogP contribution < -0.4 is 10.2 Å². The second kappa shape index (κ2) is 7.14. The molecule has 2 N–H and O–H groups in total. The fourth-order valence-electron chi connectivity index (χ4n) is 1.30. The average molecular weight is 224 g/mol. The number of aliphatic hydroxyl groups is 1. The Morgan fingerprint density at radius 2 is 2.06 bits per heavy atom. The Balaban J connectivity index is 2.47. The van der Waals surface area contributed by atoms with Crippen molar-refractivity contribution in [2.75, 3.05) is 31.6 Å². The van der Waals surface area contributed by atoms with Crippen molar-refractivity contribution in [2.24, 2.45) is 0 Å². The number of nitrogens with zero attached hydrogens (tertiary/aromatic N) is 3. The highest BCUT2D eigenvalue weighted by Gasteiger charge is 2.02. The van der Waals surface area contributed by atoms with Crippen molar-refractivity contribution >= 4 is 5.95 Å². The molecule has 16 heavy (non-hydrogen) atoms. The first-order valence-electron chi connectivity index (χ1n) is 5.61. The summed E-state index contributed by atoms with van der Waals surface area (Å²) < 4.78 is 0. The molecule has 1 rings (SSSR count). The lowest BCUT2D eigenvalue weighted by Gasteiger charge is -2.15. The van der Waals surface area contributed by atoms with E-state index < -0.39 is 0 Å². The van der Waals surface area contributed by atoms with Crippen LogP contribution >= 0.6 is 0 Å². The van der Waals surface area contributed by atoms with E-state index in [-0.39, 0.29) is 6.61 Å². The first-order chi connectivity index (χ1) is 7.77. The molecule has 0 unspecified atom stereocenters. The molecule has 5 heteroatoms. The van der Waals surface area contributed by atoms with Gasteiger partial charge in [-0.05, 0) is 13.0 Å². The Morgan fingerprint density at radius 1 is 1.38 bits per heavy atom. The standard InChI is InChI=1S/C11H20N4O/c1-3-4-12-7-10-8-13-11(14-9-10)15(2)5-6-16/h8-9,12,16H,3-7H2,1-2H3. The quantitative estimate of drug-likeness (QED) is 0.657.